The number of nitrogens with two attached hydrogens (primary N) is 1. The summed E-state index contributed by atoms with van der Waals surface area (Å²) in [5.41, 5.74) is 7.62. The number of alkyl halides is 2. The van der Waals surface area contributed by atoms with Crippen molar-refractivity contribution in [3.05, 3.63) is 29.8 Å². The van der Waals surface area contributed by atoms with Crippen LogP contribution in [0.2, 0.25) is 0 Å². The largest absolute Gasteiger partial charge is 0.481 e. The van der Waals surface area contributed by atoms with Crippen LogP contribution >= 0.6 is 23.2 Å². The average molecular weight is 305 g/mol. The third-order valence-corrected chi connectivity index (χ3v) is 3.10. The monoisotopic (exact) mass is 304 g/mol. The van der Waals surface area contributed by atoms with E-state index in [1.54, 1.807) is 0 Å². The van der Waals surface area contributed by atoms with Crippen LogP contribution in [0.5, 0.6) is 0 Å². The predicted octanol–water partition coefficient (Wildman–Crippen LogP) is 2.45. The zero-order valence-corrected chi connectivity index (χ0v) is 12.1. The van der Waals surface area contributed by atoms with E-state index in [0.717, 1.165) is 11.3 Å². The Kier molecular flexibility index (Phi) is 6.99. The molecule has 0 aliphatic rings. The maximum absolute atomic E-state index is 10.7. The molecular weight excluding hydrogens is 287 g/mol. The van der Waals surface area contributed by atoms with Crippen molar-refractivity contribution < 1.29 is 9.90 Å². The van der Waals surface area contributed by atoms with E-state index in [1.807, 2.05) is 24.3 Å². The topological polar surface area (TPSA) is 66.6 Å². The maximum atomic E-state index is 10.7. The fraction of sp³-hybridized carbons (Fsp3) is 0.462. The van der Waals surface area contributed by atoms with Gasteiger partial charge in [0.05, 0.1) is 6.42 Å². The predicted molar refractivity (Wildman–Crippen MR) is 79.3 cm³/mol. The van der Waals surface area contributed by atoms with E-state index in [4.69, 9.17) is 34.0 Å². The Morgan fingerprint density at radius 2 is 1.95 bits per heavy atom. The maximum Gasteiger partial charge on any atom is 0.305 e. The van der Waals surface area contributed by atoms with Crippen molar-refractivity contribution in [2.75, 3.05) is 29.7 Å². The fourth-order valence-electron chi connectivity index (χ4n) is 1.83. The van der Waals surface area contributed by atoms with Gasteiger partial charge in [-0.3, -0.25) is 4.79 Å². The Hall–Kier alpha value is -0.970. The van der Waals surface area contributed by atoms with E-state index >= 15 is 0 Å². The van der Waals surface area contributed by atoms with Gasteiger partial charge < -0.3 is 15.7 Å². The highest BCUT2D eigenvalue weighted by atomic mass is 35.5. The standard InChI is InChI=1S/C13H18Cl2N2O2/c14-4-6-17(7-5-15)11-3-1-2-10(8-11)12(16)9-13(18)19/h1-3,8,12H,4-7,9,16H2,(H,18,19)/t12-/m0/s1. The molecule has 0 unspecified atom stereocenters. The van der Waals surface area contributed by atoms with Crippen molar-refractivity contribution in [3.63, 3.8) is 0 Å². The number of hydrogen-bond acceptors (Lipinski definition) is 3. The van der Waals surface area contributed by atoms with Crippen LogP contribution in [-0.4, -0.2) is 35.9 Å². The van der Waals surface area contributed by atoms with Crippen molar-refractivity contribution in [3.8, 4) is 0 Å². The Morgan fingerprint density at radius 3 is 2.47 bits per heavy atom. The summed E-state index contributed by atoms with van der Waals surface area (Å²) in [6, 6.07) is 7.02. The molecule has 0 spiro atoms. The summed E-state index contributed by atoms with van der Waals surface area (Å²) >= 11 is 11.5. The average Bonchev–Trinajstić information content (AvgIpc) is 2.38. The van der Waals surface area contributed by atoms with Gasteiger partial charge in [-0.2, -0.15) is 0 Å². The highest BCUT2D eigenvalue weighted by Gasteiger charge is 2.12. The van der Waals surface area contributed by atoms with Gasteiger partial charge in [-0.15, -0.1) is 23.2 Å². The van der Waals surface area contributed by atoms with E-state index in [9.17, 15) is 4.79 Å². The Bertz CT molecular complexity index is 409. The molecule has 4 nitrogen and oxygen atoms in total. The molecule has 0 aromatic heterocycles. The first kappa shape index (κ1) is 16.1. The van der Waals surface area contributed by atoms with Gasteiger partial charge in [0.1, 0.15) is 0 Å². The van der Waals surface area contributed by atoms with Crippen LogP contribution in [0.3, 0.4) is 0 Å². The highest BCUT2D eigenvalue weighted by molar-refractivity contribution is 6.18. The smallest absolute Gasteiger partial charge is 0.305 e. The number of carboxylic acid groups (broad SMARTS) is 1. The molecule has 106 valence electrons. The highest BCUT2D eigenvalue weighted by Crippen LogP contribution is 2.21. The first-order valence-electron chi connectivity index (χ1n) is 6.02. The van der Waals surface area contributed by atoms with Crippen LogP contribution < -0.4 is 10.6 Å². The SMILES string of the molecule is N[C@@H](CC(=O)O)c1cccc(N(CCCl)CCCl)c1. The molecule has 1 aromatic carbocycles. The van der Waals surface area contributed by atoms with E-state index in [0.29, 0.717) is 24.8 Å². The molecular formula is C13H18Cl2N2O2. The van der Waals surface area contributed by atoms with E-state index < -0.39 is 12.0 Å². The molecule has 0 amide bonds. The summed E-state index contributed by atoms with van der Waals surface area (Å²) in [5, 5.41) is 8.77. The number of carboxylic acids is 1. The van der Waals surface area contributed by atoms with Gasteiger partial charge in [-0.25, -0.2) is 0 Å². The first-order chi connectivity index (χ1) is 9.08. The Labute approximate surface area is 123 Å². The lowest BCUT2D eigenvalue weighted by Crippen LogP contribution is -2.27. The molecule has 19 heavy (non-hydrogen) atoms. The number of benzene rings is 1. The van der Waals surface area contributed by atoms with Gasteiger partial charge in [0.15, 0.2) is 0 Å². The molecule has 0 saturated heterocycles. The van der Waals surface area contributed by atoms with Crippen molar-refractivity contribution in [1.82, 2.24) is 0 Å². The Morgan fingerprint density at radius 1 is 1.32 bits per heavy atom. The van der Waals surface area contributed by atoms with Gasteiger partial charge in [0.25, 0.3) is 0 Å². The van der Waals surface area contributed by atoms with Crippen LogP contribution in [0.4, 0.5) is 5.69 Å². The fourth-order valence-corrected chi connectivity index (χ4v) is 2.24. The molecule has 1 atom stereocenters. The van der Waals surface area contributed by atoms with Crippen molar-refractivity contribution in [2.45, 2.75) is 12.5 Å². The molecule has 3 N–H and O–H groups in total. The number of rotatable bonds is 8. The minimum Gasteiger partial charge on any atom is -0.481 e. The second kappa shape index (κ2) is 8.25. The third-order valence-electron chi connectivity index (χ3n) is 2.77. The van der Waals surface area contributed by atoms with E-state index in [1.165, 1.54) is 0 Å². The van der Waals surface area contributed by atoms with Crippen LogP contribution in [0.1, 0.15) is 18.0 Å². The van der Waals surface area contributed by atoms with Gasteiger partial charge in [0.2, 0.25) is 0 Å². The molecule has 0 fully saturated rings. The van der Waals surface area contributed by atoms with Crippen molar-refractivity contribution in [2.24, 2.45) is 5.73 Å². The first-order valence-corrected chi connectivity index (χ1v) is 7.09. The van der Waals surface area contributed by atoms with Gasteiger partial charge in [-0.05, 0) is 17.7 Å². The van der Waals surface area contributed by atoms with Crippen LogP contribution in [0.15, 0.2) is 24.3 Å². The lowest BCUT2D eigenvalue weighted by Gasteiger charge is -2.24. The van der Waals surface area contributed by atoms with E-state index in [2.05, 4.69) is 4.90 Å². The molecule has 0 heterocycles. The summed E-state index contributed by atoms with van der Waals surface area (Å²) in [6.45, 7) is 1.37. The molecule has 1 rings (SSSR count). The zero-order chi connectivity index (χ0) is 14.3. The van der Waals surface area contributed by atoms with Gasteiger partial charge in [0, 0.05) is 36.6 Å². The van der Waals surface area contributed by atoms with Crippen LogP contribution in [0.25, 0.3) is 0 Å². The number of nitrogens with zero attached hydrogens (tertiary/aromatic N) is 1. The minimum absolute atomic E-state index is 0.0888. The Balaban J connectivity index is 2.87. The molecule has 0 saturated carbocycles. The molecule has 0 aliphatic carbocycles. The molecule has 0 aliphatic heterocycles. The number of carbonyl (C=O) groups is 1. The number of hydrogen-bond donors (Lipinski definition) is 2. The molecule has 6 heteroatoms. The molecule has 0 bridgehead atoms. The lowest BCUT2D eigenvalue weighted by atomic mass is 10.0. The number of anilines is 1. The van der Waals surface area contributed by atoms with Crippen LogP contribution in [0, 0.1) is 0 Å². The summed E-state index contributed by atoms with van der Waals surface area (Å²) < 4.78 is 0. The zero-order valence-electron chi connectivity index (χ0n) is 10.6. The molecule has 0 radical (unpaired) electrons. The van der Waals surface area contributed by atoms with Crippen LogP contribution in [-0.2, 0) is 4.79 Å². The van der Waals surface area contributed by atoms with E-state index in [-0.39, 0.29) is 6.42 Å². The second-order valence-electron chi connectivity index (χ2n) is 4.16. The summed E-state index contributed by atoms with van der Waals surface area (Å²) in [5.74, 6) is 0.0983. The second-order valence-corrected chi connectivity index (χ2v) is 4.92. The van der Waals surface area contributed by atoms with Gasteiger partial charge >= 0.3 is 5.97 Å². The summed E-state index contributed by atoms with van der Waals surface area (Å²) in [7, 11) is 0. The van der Waals surface area contributed by atoms with Crippen molar-refractivity contribution in [1.29, 1.82) is 0 Å². The summed E-state index contributed by atoms with van der Waals surface area (Å²) in [6.07, 6.45) is -0.0888. The summed E-state index contributed by atoms with van der Waals surface area (Å²) in [4.78, 5) is 12.7. The van der Waals surface area contributed by atoms with Gasteiger partial charge in [-0.1, -0.05) is 12.1 Å². The number of halogens is 2. The number of aliphatic carboxylic acids is 1. The third kappa shape index (κ3) is 5.27. The lowest BCUT2D eigenvalue weighted by molar-refractivity contribution is -0.137. The molecule has 1 aromatic rings. The quantitative estimate of drug-likeness (QED) is 0.724. The normalized spacial score (nSPS) is 12.2. The minimum atomic E-state index is -0.906. The van der Waals surface area contributed by atoms with Crippen molar-refractivity contribution >= 4 is 34.9 Å².